The molecule has 0 spiro atoms. The van der Waals surface area contributed by atoms with Gasteiger partial charge in [-0.05, 0) is 31.2 Å². The quantitative estimate of drug-likeness (QED) is 0.668. The molecule has 100 valence electrons. The molecule has 0 saturated heterocycles. The number of Topliss-reactive ketones (excluding diaryl/α,β-unsaturated/α-hetero) is 1. The van der Waals surface area contributed by atoms with E-state index in [2.05, 4.69) is 5.32 Å². The number of carbonyl (C=O) groups is 2. The third kappa shape index (κ3) is 3.88. The summed E-state index contributed by atoms with van der Waals surface area (Å²) in [6, 6.07) is 6.59. The van der Waals surface area contributed by atoms with Crippen molar-refractivity contribution in [3.05, 3.63) is 35.4 Å². The van der Waals surface area contributed by atoms with Gasteiger partial charge in [0.05, 0.1) is 17.7 Å². The number of ketones is 1. The van der Waals surface area contributed by atoms with E-state index in [1.165, 1.54) is 31.2 Å². The van der Waals surface area contributed by atoms with Gasteiger partial charge < -0.3 is 15.5 Å². The second kappa shape index (κ2) is 6.64. The number of hydrogen-bond donors (Lipinski definition) is 3. The summed E-state index contributed by atoms with van der Waals surface area (Å²) in [7, 11) is 0. The van der Waals surface area contributed by atoms with Crippen molar-refractivity contribution in [2.75, 3.05) is 6.61 Å². The van der Waals surface area contributed by atoms with Gasteiger partial charge >= 0.3 is 0 Å². The van der Waals surface area contributed by atoms with E-state index in [4.69, 9.17) is 10.4 Å². The average molecular weight is 262 g/mol. The van der Waals surface area contributed by atoms with Gasteiger partial charge in [0.2, 0.25) is 0 Å². The molecule has 2 atom stereocenters. The van der Waals surface area contributed by atoms with Crippen LogP contribution in [0.1, 0.15) is 22.8 Å². The number of carbonyl (C=O) groups excluding carboxylic acids is 2. The maximum Gasteiger partial charge on any atom is 0.251 e. The Kier molecular flexibility index (Phi) is 5.18. The van der Waals surface area contributed by atoms with Gasteiger partial charge in [0, 0.05) is 5.56 Å². The Balaban J connectivity index is 2.82. The maximum absolute atomic E-state index is 11.8. The Morgan fingerprint density at radius 3 is 2.37 bits per heavy atom. The van der Waals surface area contributed by atoms with Crippen LogP contribution < -0.4 is 5.32 Å². The van der Waals surface area contributed by atoms with Crippen molar-refractivity contribution in [2.45, 2.75) is 19.1 Å². The Morgan fingerprint density at radius 1 is 1.37 bits per heavy atom. The van der Waals surface area contributed by atoms with Crippen molar-refractivity contribution >= 4 is 11.7 Å². The first-order valence-electron chi connectivity index (χ1n) is 5.62. The zero-order valence-electron chi connectivity index (χ0n) is 10.3. The Bertz CT molecular complexity index is 502. The summed E-state index contributed by atoms with van der Waals surface area (Å²) in [6.07, 6.45) is -1.11. The largest absolute Gasteiger partial charge is 0.391 e. The van der Waals surface area contributed by atoms with Gasteiger partial charge in [-0.3, -0.25) is 9.59 Å². The molecule has 0 aliphatic carbocycles. The van der Waals surface area contributed by atoms with Crippen LogP contribution in [0.25, 0.3) is 0 Å². The number of aliphatic hydroxyl groups is 2. The van der Waals surface area contributed by atoms with Crippen LogP contribution in [0.4, 0.5) is 0 Å². The van der Waals surface area contributed by atoms with Gasteiger partial charge in [-0.25, -0.2) is 0 Å². The van der Waals surface area contributed by atoms with Gasteiger partial charge in [0.15, 0.2) is 5.78 Å². The molecule has 0 fully saturated rings. The molecule has 0 saturated carbocycles. The Hall–Kier alpha value is -2.23. The molecule has 6 heteroatoms. The second-order valence-corrected chi connectivity index (χ2v) is 4.01. The van der Waals surface area contributed by atoms with Crippen molar-refractivity contribution in [3.8, 4) is 6.07 Å². The number of nitrogens with zero attached hydrogens (tertiary/aromatic N) is 1. The Labute approximate surface area is 110 Å². The summed E-state index contributed by atoms with van der Waals surface area (Å²) in [5.74, 6) is -1.23. The van der Waals surface area contributed by atoms with Gasteiger partial charge in [-0.15, -0.1) is 0 Å². The minimum absolute atomic E-state index is 0.260. The average Bonchev–Trinajstić information content (AvgIpc) is 2.43. The standard InChI is InChI=1S/C13H14N2O4/c1-8(17)12(11(18)7-16)15-13(19)10-4-2-9(6-14)3-5-10/h2-5,8,12,16-17H,7H2,1H3,(H,15,19)/t8-,12+/m1/s1. The fourth-order valence-corrected chi connectivity index (χ4v) is 1.49. The number of nitrogens with one attached hydrogen (secondary N) is 1. The molecule has 0 unspecified atom stereocenters. The van der Waals surface area contributed by atoms with E-state index in [1.54, 1.807) is 0 Å². The zero-order chi connectivity index (χ0) is 14.4. The monoisotopic (exact) mass is 262 g/mol. The van der Waals surface area contributed by atoms with E-state index in [1.807, 2.05) is 6.07 Å². The lowest BCUT2D eigenvalue weighted by Gasteiger charge is -2.19. The van der Waals surface area contributed by atoms with Crippen molar-refractivity contribution in [2.24, 2.45) is 0 Å². The number of aliphatic hydroxyl groups excluding tert-OH is 2. The third-order valence-corrected chi connectivity index (χ3v) is 2.55. The molecular weight excluding hydrogens is 248 g/mol. The molecule has 1 rings (SSSR count). The first-order chi connectivity index (χ1) is 8.99. The van der Waals surface area contributed by atoms with Gasteiger partial charge in [0.1, 0.15) is 12.6 Å². The van der Waals surface area contributed by atoms with E-state index in [0.717, 1.165) is 0 Å². The van der Waals surface area contributed by atoms with E-state index in [0.29, 0.717) is 5.56 Å². The van der Waals surface area contributed by atoms with Gasteiger partial charge in [-0.1, -0.05) is 0 Å². The number of amides is 1. The molecular formula is C13H14N2O4. The maximum atomic E-state index is 11.8. The molecule has 0 aliphatic heterocycles. The molecule has 6 nitrogen and oxygen atoms in total. The number of nitriles is 1. The Morgan fingerprint density at radius 2 is 1.95 bits per heavy atom. The lowest BCUT2D eigenvalue weighted by Crippen LogP contribution is -2.48. The highest BCUT2D eigenvalue weighted by Crippen LogP contribution is 2.05. The predicted molar refractivity (Wildman–Crippen MR) is 66.2 cm³/mol. The minimum Gasteiger partial charge on any atom is -0.391 e. The molecule has 0 bridgehead atoms. The number of benzene rings is 1. The SMILES string of the molecule is C[C@@H](O)[C@H](NC(=O)c1ccc(C#N)cc1)C(=O)CO. The van der Waals surface area contributed by atoms with E-state index in [-0.39, 0.29) is 5.56 Å². The van der Waals surface area contributed by atoms with Gasteiger partial charge in [0.25, 0.3) is 5.91 Å². The topological polar surface area (TPSA) is 110 Å². The molecule has 1 aromatic carbocycles. The van der Waals surface area contributed by atoms with Crippen molar-refractivity contribution in [1.29, 1.82) is 5.26 Å². The van der Waals surface area contributed by atoms with E-state index >= 15 is 0 Å². The molecule has 19 heavy (non-hydrogen) atoms. The minimum atomic E-state index is -1.16. The molecule has 3 N–H and O–H groups in total. The van der Waals surface area contributed by atoms with Crippen LogP contribution in [-0.4, -0.2) is 40.7 Å². The molecule has 0 heterocycles. The number of hydrogen-bond acceptors (Lipinski definition) is 5. The van der Waals surface area contributed by atoms with Crippen molar-refractivity contribution in [3.63, 3.8) is 0 Å². The fraction of sp³-hybridized carbons (Fsp3) is 0.308. The third-order valence-electron chi connectivity index (χ3n) is 2.55. The molecule has 1 amide bonds. The fourth-order valence-electron chi connectivity index (χ4n) is 1.49. The summed E-state index contributed by atoms with van der Waals surface area (Å²) in [6.45, 7) is 0.584. The first kappa shape index (κ1) is 14.8. The highest BCUT2D eigenvalue weighted by molar-refractivity contribution is 5.98. The second-order valence-electron chi connectivity index (χ2n) is 4.01. The van der Waals surface area contributed by atoms with Crippen LogP contribution in [-0.2, 0) is 4.79 Å². The van der Waals surface area contributed by atoms with Crippen LogP contribution in [0.5, 0.6) is 0 Å². The summed E-state index contributed by atoms with van der Waals surface area (Å²) in [5.41, 5.74) is 0.672. The van der Waals surface area contributed by atoms with Crippen molar-refractivity contribution < 1.29 is 19.8 Å². The van der Waals surface area contributed by atoms with E-state index < -0.39 is 30.4 Å². The van der Waals surface area contributed by atoms with Crippen LogP contribution in [0.3, 0.4) is 0 Å². The summed E-state index contributed by atoms with van der Waals surface area (Å²) < 4.78 is 0. The normalized spacial score (nSPS) is 13.2. The van der Waals surface area contributed by atoms with Crippen molar-refractivity contribution in [1.82, 2.24) is 5.32 Å². The van der Waals surface area contributed by atoms with Crippen LogP contribution in [0, 0.1) is 11.3 Å². The first-order valence-corrected chi connectivity index (χ1v) is 5.62. The predicted octanol–water partition coefficient (Wildman–Crippen LogP) is -0.401. The lowest BCUT2D eigenvalue weighted by molar-refractivity contribution is -0.125. The van der Waals surface area contributed by atoms with Crippen LogP contribution in [0.2, 0.25) is 0 Å². The molecule has 0 aromatic heterocycles. The van der Waals surface area contributed by atoms with Gasteiger partial charge in [-0.2, -0.15) is 5.26 Å². The summed E-state index contributed by atoms with van der Waals surface area (Å²) >= 11 is 0. The highest BCUT2D eigenvalue weighted by atomic mass is 16.3. The van der Waals surface area contributed by atoms with Crippen LogP contribution >= 0.6 is 0 Å². The van der Waals surface area contributed by atoms with Crippen LogP contribution in [0.15, 0.2) is 24.3 Å². The molecule has 0 radical (unpaired) electrons. The smallest absolute Gasteiger partial charge is 0.251 e. The van der Waals surface area contributed by atoms with E-state index in [9.17, 15) is 14.7 Å². The lowest BCUT2D eigenvalue weighted by atomic mass is 10.1. The molecule has 1 aromatic rings. The summed E-state index contributed by atoms with van der Waals surface area (Å²) in [5, 5.41) is 29.1. The zero-order valence-corrected chi connectivity index (χ0v) is 10.3. The number of rotatable bonds is 5. The highest BCUT2D eigenvalue weighted by Gasteiger charge is 2.25. The molecule has 0 aliphatic rings. The summed E-state index contributed by atoms with van der Waals surface area (Å²) in [4.78, 5) is 23.2.